The highest BCUT2D eigenvalue weighted by Crippen LogP contribution is 2.28. The van der Waals surface area contributed by atoms with Crippen LogP contribution in [-0.2, 0) is 40.0 Å². The van der Waals surface area contributed by atoms with Crippen LogP contribution in [-0.4, -0.2) is 88.5 Å². The van der Waals surface area contributed by atoms with Crippen LogP contribution in [0.25, 0.3) is 0 Å². The number of anilines is 1. The van der Waals surface area contributed by atoms with E-state index in [1.807, 2.05) is 48.5 Å². The summed E-state index contributed by atoms with van der Waals surface area (Å²) in [7, 11) is 1.30. The van der Waals surface area contributed by atoms with E-state index in [-0.39, 0.29) is 25.7 Å². The number of ether oxygens (including phenoxy) is 3. The maximum absolute atomic E-state index is 14.0. The quantitative estimate of drug-likeness (QED) is 0.211. The number of methoxy groups -OCH3 is 1. The average molecular weight is 705 g/mol. The number of nitrogens with one attached hydrogen (secondary N) is 3. The van der Waals surface area contributed by atoms with E-state index in [1.165, 1.54) is 36.7 Å². The Morgan fingerprint density at radius 1 is 0.961 bits per heavy atom. The standard InChI is InChI=1S/C37H48N6O8/c1-36(2,3)51-35(48)41-37(4,5)34(47)38-20-27(24-50-23-25-14-9-7-10-15-25)31(44)40-28-21-39-43(22-28)30(26-16-11-8-12-17-26)32(45)42-19-13-18-29(42)33(46)49-6/h7-12,14-17,21-22,27,29-30H,13,18-20,23-24H2,1-6H3,(H,38,47)(H,40,44)(H,41,48)/t27-,29+,30?/m1/s1. The number of esters is 1. The van der Waals surface area contributed by atoms with Crippen molar-refractivity contribution in [3.8, 4) is 0 Å². The molecule has 1 aliphatic heterocycles. The van der Waals surface area contributed by atoms with Crippen LogP contribution >= 0.6 is 0 Å². The molecule has 0 radical (unpaired) electrons. The molecule has 274 valence electrons. The number of amides is 4. The summed E-state index contributed by atoms with van der Waals surface area (Å²) in [5.41, 5.74) is -0.231. The number of nitrogens with zero attached hydrogens (tertiary/aromatic N) is 3. The van der Waals surface area contributed by atoms with Gasteiger partial charge in [-0.05, 0) is 58.6 Å². The summed E-state index contributed by atoms with van der Waals surface area (Å²) in [4.78, 5) is 67.2. The molecule has 4 amide bonds. The van der Waals surface area contributed by atoms with Crippen LogP contribution in [0.15, 0.2) is 73.1 Å². The largest absolute Gasteiger partial charge is 0.467 e. The number of alkyl carbamates (subject to hydrolysis) is 1. The van der Waals surface area contributed by atoms with Gasteiger partial charge < -0.3 is 35.1 Å². The molecule has 3 atom stereocenters. The fourth-order valence-electron chi connectivity index (χ4n) is 5.57. The predicted octanol–water partition coefficient (Wildman–Crippen LogP) is 3.83. The third-order valence-corrected chi connectivity index (χ3v) is 8.18. The first-order valence-electron chi connectivity index (χ1n) is 16.9. The SMILES string of the molecule is COC(=O)[C@@H]1CCCN1C(=O)C(c1ccccc1)n1cc(NC(=O)[C@H](CNC(=O)C(C)(C)NC(=O)OC(C)(C)C)COCc2ccccc2)cn1. The summed E-state index contributed by atoms with van der Waals surface area (Å²) in [6.45, 7) is 8.70. The van der Waals surface area contributed by atoms with Gasteiger partial charge >= 0.3 is 12.1 Å². The Labute approximate surface area is 298 Å². The van der Waals surface area contributed by atoms with E-state index in [1.54, 1.807) is 39.1 Å². The van der Waals surface area contributed by atoms with E-state index in [0.717, 1.165) is 5.56 Å². The molecule has 2 heterocycles. The highest BCUT2D eigenvalue weighted by molar-refractivity contribution is 5.94. The minimum atomic E-state index is -1.35. The molecule has 0 aliphatic carbocycles. The van der Waals surface area contributed by atoms with E-state index >= 15 is 0 Å². The topological polar surface area (TPSA) is 170 Å². The second kappa shape index (κ2) is 17.1. The zero-order chi connectivity index (χ0) is 37.2. The summed E-state index contributed by atoms with van der Waals surface area (Å²) >= 11 is 0. The van der Waals surface area contributed by atoms with Gasteiger partial charge in [0.05, 0.1) is 38.1 Å². The Bertz CT molecular complexity index is 1650. The van der Waals surface area contributed by atoms with Crippen molar-refractivity contribution in [2.45, 2.75) is 77.3 Å². The Hall–Kier alpha value is -5.24. The molecule has 2 aromatic carbocycles. The molecule has 14 heteroatoms. The van der Waals surface area contributed by atoms with Crippen molar-refractivity contribution in [2.24, 2.45) is 5.92 Å². The van der Waals surface area contributed by atoms with E-state index in [4.69, 9.17) is 14.2 Å². The smallest absolute Gasteiger partial charge is 0.408 e. The normalized spacial score (nSPS) is 15.7. The lowest BCUT2D eigenvalue weighted by atomic mass is 10.0. The molecular formula is C37H48N6O8. The molecule has 0 saturated carbocycles. The molecule has 1 unspecified atom stereocenters. The number of hydrogen-bond acceptors (Lipinski definition) is 9. The maximum atomic E-state index is 14.0. The van der Waals surface area contributed by atoms with Gasteiger partial charge in [0.15, 0.2) is 6.04 Å². The zero-order valence-electron chi connectivity index (χ0n) is 30.0. The second-order valence-electron chi connectivity index (χ2n) is 13.9. The zero-order valence-corrected chi connectivity index (χ0v) is 30.0. The highest BCUT2D eigenvalue weighted by atomic mass is 16.6. The van der Waals surface area contributed by atoms with Crippen LogP contribution in [0.5, 0.6) is 0 Å². The van der Waals surface area contributed by atoms with Crippen molar-refractivity contribution in [3.63, 3.8) is 0 Å². The van der Waals surface area contributed by atoms with Gasteiger partial charge in [0, 0.05) is 19.3 Å². The van der Waals surface area contributed by atoms with Crippen molar-refractivity contribution < 1.29 is 38.2 Å². The van der Waals surface area contributed by atoms with Crippen LogP contribution in [0.4, 0.5) is 10.5 Å². The minimum absolute atomic E-state index is 0.0376. The molecule has 4 rings (SSSR count). The molecule has 51 heavy (non-hydrogen) atoms. The number of likely N-dealkylation sites (tertiary alicyclic amines) is 1. The summed E-state index contributed by atoms with van der Waals surface area (Å²) in [5, 5.41) is 12.6. The van der Waals surface area contributed by atoms with Gasteiger partial charge in [-0.1, -0.05) is 60.7 Å². The molecule has 1 fully saturated rings. The Balaban J connectivity index is 1.50. The van der Waals surface area contributed by atoms with Crippen LogP contribution in [0.2, 0.25) is 0 Å². The lowest BCUT2D eigenvalue weighted by molar-refractivity contribution is -0.151. The first-order chi connectivity index (χ1) is 24.2. The maximum Gasteiger partial charge on any atom is 0.408 e. The van der Waals surface area contributed by atoms with Gasteiger partial charge in [0.25, 0.3) is 5.91 Å². The Kier molecular flexibility index (Phi) is 12.9. The number of rotatable bonds is 14. The molecule has 0 spiro atoms. The summed E-state index contributed by atoms with van der Waals surface area (Å²) in [6, 6.07) is 16.9. The summed E-state index contributed by atoms with van der Waals surface area (Å²) in [6.07, 6.45) is 3.38. The number of benzene rings is 2. The number of hydrogen-bond donors (Lipinski definition) is 3. The monoisotopic (exact) mass is 704 g/mol. The van der Waals surface area contributed by atoms with Crippen molar-refractivity contribution in [1.29, 1.82) is 0 Å². The first-order valence-corrected chi connectivity index (χ1v) is 16.9. The molecule has 3 aromatic rings. The van der Waals surface area contributed by atoms with Gasteiger partial charge in [-0.3, -0.25) is 19.1 Å². The van der Waals surface area contributed by atoms with Crippen LogP contribution in [0.1, 0.15) is 64.6 Å². The number of carbonyl (C=O) groups is 5. The van der Waals surface area contributed by atoms with Gasteiger partial charge in [0.2, 0.25) is 11.8 Å². The van der Waals surface area contributed by atoms with E-state index < -0.39 is 53.0 Å². The molecule has 0 bridgehead atoms. The van der Waals surface area contributed by atoms with Crippen LogP contribution in [0.3, 0.4) is 0 Å². The highest BCUT2D eigenvalue weighted by Gasteiger charge is 2.39. The van der Waals surface area contributed by atoms with Gasteiger partial charge in [-0.2, -0.15) is 5.10 Å². The third-order valence-electron chi connectivity index (χ3n) is 8.18. The molecule has 1 aliphatic rings. The Morgan fingerprint density at radius 3 is 2.27 bits per heavy atom. The molecule has 3 N–H and O–H groups in total. The van der Waals surface area contributed by atoms with Crippen molar-refractivity contribution in [3.05, 3.63) is 84.2 Å². The lowest BCUT2D eigenvalue weighted by Crippen LogP contribution is -2.56. The first kappa shape index (κ1) is 38.6. The van der Waals surface area contributed by atoms with Crippen LogP contribution < -0.4 is 16.0 Å². The van der Waals surface area contributed by atoms with Gasteiger partial charge in [-0.25, -0.2) is 9.59 Å². The lowest BCUT2D eigenvalue weighted by Gasteiger charge is -2.28. The van der Waals surface area contributed by atoms with E-state index in [0.29, 0.717) is 30.6 Å². The summed E-state index contributed by atoms with van der Waals surface area (Å²) in [5.74, 6) is -2.65. The van der Waals surface area contributed by atoms with Crippen LogP contribution in [0, 0.1) is 5.92 Å². The molecule has 14 nitrogen and oxygen atoms in total. The molecule has 1 saturated heterocycles. The molecule has 1 aromatic heterocycles. The van der Waals surface area contributed by atoms with Gasteiger partial charge in [-0.15, -0.1) is 0 Å². The fourth-order valence-corrected chi connectivity index (χ4v) is 5.57. The number of carbonyl (C=O) groups excluding carboxylic acids is 5. The summed E-state index contributed by atoms with van der Waals surface area (Å²) < 4.78 is 17.6. The Morgan fingerprint density at radius 2 is 1.63 bits per heavy atom. The number of aromatic nitrogens is 2. The average Bonchev–Trinajstić information content (AvgIpc) is 3.76. The third kappa shape index (κ3) is 10.9. The fraction of sp³-hybridized carbons (Fsp3) is 0.459. The van der Waals surface area contributed by atoms with Gasteiger partial charge in [0.1, 0.15) is 17.2 Å². The second-order valence-corrected chi connectivity index (χ2v) is 13.9. The van der Waals surface area contributed by atoms with Crippen molar-refractivity contribution in [1.82, 2.24) is 25.3 Å². The van der Waals surface area contributed by atoms with Crippen molar-refractivity contribution >= 4 is 35.5 Å². The van der Waals surface area contributed by atoms with E-state index in [9.17, 15) is 24.0 Å². The predicted molar refractivity (Wildman–Crippen MR) is 188 cm³/mol. The van der Waals surface area contributed by atoms with E-state index in [2.05, 4.69) is 21.0 Å². The van der Waals surface area contributed by atoms with Crippen molar-refractivity contribution in [2.75, 3.05) is 32.1 Å². The minimum Gasteiger partial charge on any atom is -0.467 e. The molecular weight excluding hydrogens is 656 g/mol.